The quantitative estimate of drug-likeness (QED) is 0.863. The van der Waals surface area contributed by atoms with Crippen LogP contribution in [0, 0.1) is 11.8 Å². The first-order valence-corrected chi connectivity index (χ1v) is 9.16. The molecule has 3 rings (SSSR count). The van der Waals surface area contributed by atoms with Crippen molar-refractivity contribution in [3.8, 4) is 0 Å². The van der Waals surface area contributed by atoms with Crippen LogP contribution in [0.4, 0.5) is 0 Å². The highest BCUT2D eigenvalue weighted by atomic mass is 35.5. The van der Waals surface area contributed by atoms with E-state index in [9.17, 15) is 9.59 Å². The van der Waals surface area contributed by atoms with Gasteiger partial charge >= 0.3 is 5.97 Å². The van der Waals surface area contributed by atoms with E-state index in [2.05, 4.69) is 0 Å². The summed E-state index contributed by atoms with van der Waals surface area (Å²) in [7, 11) is 0. The molecule has 1 unspecified atom stereocenters. The number of halogens is 1. The fourth-order valence-corrected chi connectivity index (χ4v) is 4.10. The number of carbonyl (C=O) groups excluding carboxylic acids is 1. The summed E-state index contributed by atoms with van der Waals surface area (Å²) in [5.41, 5.74) is 0.985. The Morgan fingerprint density at radius 1 is 1.08 bits per heavy atom. The molecule has 0 aromatic heterocycles. The Balaban J connectivity index is 1.73. The average Bonchev–Trinajstić information content (AvgIpc) is 3.40. The Morgan fingerprint density at radius 3 is 2.21 bits per heavy atom. The molecule has 1 atom stereocenters. The smallest absolute Gasteiger partial charge is 0.306 e. The van der Waals surface area contributed by atoms with Crippen LogP contribution in [-0.2, 0) is 9.59 Å². The minimum Gasteiger partial charge on any atom is -0.481 e. The fraction of sp³-hybridized carbons (Fsp3) is 0.579. The van der Waals surface area contributed by atoms with E-state index >= 15 is 0 Å². The van der Waals surface area contributed by atoms with Gasteiger partial charge in [0.2, 0.25) is 5.91 Å². The van der Waals surface area contributed by atoms with Crippen molar-refractivity contribution in [2.45, 2.75) is 57.5 Å². The minimum absolute atomic E-state index is 0.0455. The van der Waals surface area contributed by atoms with E-state index < -0.39 is 5.97 Å². The first-order chi connectivity index (χ1) is 11.5. The van der Waals surface area contributed by atoms with Crippen molar-refractivity contribution in [1.29, 1.82) is 0 Å². The van der Waals surface area contributed by atoms with E-state index in [1.54, 1.807) is 0 Å². The monoisotopic (exact) mass is 349 g/mol. The van der Waals surface area contributed by atoms with Gasteiger partial charge in [-0.15, -0.1) is 0 Å². The highest BCUT2D eigenvalue weighted by Gasteiger charge is 2.40. The van der Waals surface area contributed by atoms with Crippen LogP contribution < -0.4 is 0 Å². The van der Waals surface area contributed by atoms with Crippen molar-refractivity contribution in [2.75, 3.05) is 0 Å². The predicted octanol–water partition coefficient (Wildman–Crippen LogP) is 4.28. The Labute approximate surface area is 147 Å². The highest BCUT2D eigenvalue weighted by Crippen LogP contribution is 2.40. The number of carboxylic acids is 1. The molecule has 2 fully saturated rings. The highest BCUT2D eigenvalue weighted by molar-refractivity contribution is 6.31. The topological polar surface area (TPSA) is 57.6 Å². The first kappa shape index (κ1) is 17.3. The van der Waals surface area contributed by atoms with Crippen molar-refractivity contribution >= 4 is 23.5 Å². The number of aliphatic carboxylic acids is 1. The van der Waals surface area contributed by atoms with Gasteiger partial charge in [0.05, 0.1) is 12.0 Å². The zero-order chi connectivity index (χ0) is 17.3. The Bertz CT molecular complexity index is 621. The lowest BCUT2D eigenvalue weighted by atomic mass is 9.81. The van der Waals surface area contributed by atoms with Crippen LogP contribution >= 0.6 is 11.6 Å². The molecule has 2 aliphatic carbocycles. The maximum atomic E-state index is 13.1. The lowest BCUT2D eigenvalue weighted by Gasteiger charge is -2.35. The number of benzene rings is 1. The summed E-state index contributed by atoms with van der Waals surface area (Å²) in [5.74, 6) is -0.895. The second kappa shape index (κ2) is 7.14. The van der Waals surface area contributed by atoms with E-state index in [0.29, 0.717) is 36.7 Å². The Hall–Kier alpha value is -1.55. The summed E-state index contributed by atoms with van der Waals surface area (Å²) in [4.78, 5) is 26.2. The zero-order valence-electron chi connectivity index (χ0n) is 14.0. The van der Waals surface area contributed by atoms with Gasteiger partial charge in [0.25, 0.3) is 0 Å². The zero-order valence-corrected chi connectivity index (χ0v) is 14.7. The van der Waals surface area contributed by atoms with Gasteiger partial charge in [-0.3, -0.25) is 9.59 Å². The normalized spacial score (nSPS) is 25.1. The maximum Gasteiger partial charge on any atom is 0.306 e. The lowest BCUT2D eigenvalue weighted by molar-refractivity contribution is -0.146. The molecule has 0 saturated heterocycles. The molecule has 24 heavy (non-hydrogen) atoms. The third-order valence-corrected chi connectivity index (χ3v) is 5.74. The molecule has 5 heteroatoms. The summed E-state index contributed by atoms with van der Waals surface area (Å²) in [6.07, 6.45) is 4.65. The van der Waals surface area contributed by atoms with E-state index in [-0.39, 0.29) is 23.8 Å². The number of hydrogen-bond donors (Lipinski definition) is 1. The Kier molecular flexibility index (Phi) is 5.14. The summed E-state index contributed by atoms with van der Waals surface area (Å²) in [6.45, 7) is 2.04. The van der Waals surface area contributed by atoms with Crippen molar-refractivity contribution in [1.82, 2.24) is 4.90 Å². The van der Waals surface area contributed by atoms with E-state index in [1.165, 1.54) is 0 Å². The second-order valence-electron chi connectivity index (χ2n) is 7.06. The van der Waals surface area contributed by atoms with Crippen molar-refractivity contribution in [2.24, 2.45) is 11.8 Å². The molecule has 0 spiro atoms. The average molecular weight is 350 g/mol. The molecular weight excluding hydrogens is 326 g/mol. The number of amides is 1. The van der Waals surface area contributed by atoms with E-state index in [4.69, 9.17) is 16.7 Å². The standard InChI is InChI=1S/C19H24ClNO3/c1-12(16-4-2-3-5-17(16)20)21(15-10-11-15)18(22)13-6-8-14(9-7-13)19(23)24/h2-5,12-15H,6-11H2,1H3,(H,23,24). The largest absolute Gasteiger partial charge is 0.481 e. The number of rotatable bonds is 5. The lowest BCUT2D eigenvalue weighted by Crippen LogP contribution is -2.41. The van der Waals surface area contributed by atoms with Crippen molar-refractivity contribution in [3.63, 3.8) is 0 Å². The molecule has 1 aromatic rings. The van der Waals surface area contributed by atoms with Crippen LogP contribution in [0.5, 0.6) is 0 Å². The van der Waals surface area contributed by atoms with Crippen molar-refractivity contribution in [3.05, 3.63) is 34.9 Å². The molecule has 0 aliphatic heterocycles. The summed E-state index contributed by atoms with van der Waals surface area (Å²) >= 11 is 6.33. The third kappa shape index (κ3) is 3.59. The molecule has 1 aromatic carbocycles. The third-order valence-electron chi connectivity index (χ3n) is 5.39. The van der Waals surface area contributed by atoms with Gasteiger partial charge in [0.15, 0.2) is 0 Å². The fourth-order valence-electron chi connectivity index (χ4n) is 3.80. The molecule has 4 nitrogen and oxygen atoms in total. The van der Waals surface area contributed by atoms with Gasteiger partial charge in [-0.25, -0.2) is 0 Å². The van der Waals surface area contributed by atoms with Gasteiger partial charge in [-0.2, -0.15) is 0 Å². The number of nitrogens with zero attached hydrogens (tertiary/aromatic N) is 1. The molecule has 0 bridgehead atoms. The maximum absolute atomic E-state index is 13.1. The van der Waals surface area contributed by atoms with Gasteiger partial charge in [0.1, 0.15) is 0 Å². The molecule has 0 heterocycles. The van der Waals surface area contributed by atoms with E-state index in [1.807, 2.05) is 36.1 Å². The number of carboxylic acid groups (broad SMARTS) is 1. The number of carbonyl (C=O) groups is 2. The van der Waals surface area contributed by atoms with Crippen LogP contribution in [0.2, 0.25) is 5.02 Å². The van der Waals surface area contributed by atoms with Gasteiger partial charge in [0, 0.05) is 17.0 Å². The van der Waals surface area contributed by atoms with Crippen LogP contribution in [0.1, 0.15) is 57.1 Å². The van der Waals surface area contributed by atoms with Crippen molar-refractivity contribution < 1.29 is 14.7 Å². The molecule has 130 valence electrons. The van der Waals surface area contributed by atoms with Crippen LogP contribution in [-0.4, -0.2) is 27.9 Å². The first-order valence-electron chi connectivity index (χ1n) is 8.78. The molecule has 1 amide bonds. The molecule has 1 N–H and O–H groups in total. The Morgan fingerprint density at radius 2 is 1.67 bits per heavy atom. The van der Waals surface area contributed by atoms with Crippen LogP contribution in [0.3, 0.4) is 0 Å². The summed E-state index contributed by atoms with van der Waals surface area (Å²) in [5, 5.41) is 9.82. The molecule has 2 saturated carbocycles. The second-order valence-corrected chi connectivity index (χ2v) is 7.47. The summed E-state index contributed by atoms with van der Waals surface area (Å²) < 4.78 is 0. The molecule has 2 aliphatic rings. The molecule has 0 radical (unpaired) electrons. The van der Waals surface area contributed by atoms with Crippen LogP contribution in [0.15, 0.2) is 24.3 Å². The summed E-state index contributed by atoms with van der Waals surface area (Å²) in [6, 6.07) is 7.95. The van der Waals surface area contributed by atoms with Gasteiger partial charge < -0.3 is 10.0 Å². The molecular formula is C19H24ClNO3. The van der Waals surface area contributed by atoms with Gasteiger partial charge in [-0.1, -0.05) is 29.8 Å². The van der Waals surface area contributed by atoms with Crippen LogP contribution in [0.25, 0.3) is 0 Å². The number of hydrogen-bond acceptors (Lipinski definition) is 2. The van der Waals surface area contributed by atoms with Gasteiger partial charge in [-0.05, 0) is 57.1 Å². The predicted molar refractivity (Wildman–Crippen MR) is 92.8 cm³/mol. The SMILES string of the molecule is CC(c1ccccc1Cl)N(C(=O)C1CCC(C(=O)O)CC1)C1CC1. The minimum atomic E-state index is -0.732. The van der Waals surface area contributed by atoms with E-state index in [0.717, 1.165) is 18.4 Å².